The number of aliphatic hydroxyl groups is 1. The lowest BCUT2D eigenvalue weighted by atomic mass is 9.79. The summed E-state index contributed by atoms with van der Waals surface area (Å²) in [5.41, 5.74) is 6.85. The molecular weight excluding hydrogens is 287 g/mol. The molecule has 1 saturated carbocycles. The van der Waals surface area contributed by atoms with Crippen molar-refractivity contribution in [2.75, 3.05) is 13.2 Å². The maximum absolute atomic E-state index is 12.2. The van der Waals surface area contributed by atoms with Crippen LogP contribution in [0.5, 0.6) is 0 Å². The van der Waals surface area contributed by atoms with E-state index in [-0.39, 0.29) is 23.0 Å². The number of dihydropyridines is 1. The molecule has 1 heterocycles. The smallest absolute Gasteiger partial charge is 0.166 e. The molecule has 0 aromatic heterocycles. The second kappa shape index (κ2) is 5.99. The Morgan fingerprint density at radius 2 is 2.16 bits per heavy atom. The molecule has 0 aromatic carbocycles. The van der Waals surface area contributed by atoms with E-state index >= 15 is 0 Å². The van der Waals surface area contributed by atoms with Crippen LogP contribution in [-0.4, -0.2) is 24.0 Å². The summed E-state index contributed by atoms with van der Waals surface area (Å²) in [6.45, 7) is 0.0105. The van der Waals surface area contributed by atoms with E-state index in [0.717, 1.165) is 19.3 Å². The normalized spacial score (nSPS) is 21.3. The van der Waals surface area contributed by atoms with E-state index in [1.165, 1.54) is 0 Å². The monoisotopic (exact) mass is 302 g/mol. The minimum absolute atomic E-state index is 0.0236. The van der Waals surface area contributed by atoms with Crippen LogP contribution in [0.25, 0.3) is 0 Å². The van der Waals surface area contributed by atoms with Crippen LogP contribution in [0.1, 0.15) is 19.3 Å². The third kappa shape index (κ3) is 2.81. The van der Waals surface area contributed by atoms with Crippen LogP contribution < -0.4 is 11.1 Å². The van der Waals surface area contributed by atoms with Gasteiger partial charge in [-0.3, -0.25) is 4.79 Å². The number of rotatable bonds is 4. The molecular formula is C13H16Cl2N2O2. The zero-order valence-corrected chi connectivity index (χ0v) is 11.9. The van der Waals surface area contributed by atoms with Crippen molar-refractivity contribution < 1.29 is 9.90 Å². The molecule has 0 bridgehead atoms. The van der Waals surface area contributed by atoms with Crippen LogP contribution in [0.3, 0.4) is 0 Å². The number of allylic oxidation sites excluding steroid dienone is 1. The lowest BCUT2D eigenvalue weighted by molar-refractivity contribution is -0.121. The van der Waals surface area contributed by atoms with Gasteiger partial charge >= 0.3 is 0 Å². The molecule has 2 aliphatic rings. The number of Topliss-reactive ketones (excluding diaryl/α,β-unsaturated/α-hetero) is 1. The Morgan fingerprint density at radius 3 is 2.63 bits per heavy atom. The summed E-state index contributed by atoms with van der Waals surface area (Å²) in [5.74, 6) is -0.115. The van der Waals surface area contributed by atoms with Crippen LogP contribution in [0.4, 0.5) is 0 Å². The number of nitrogens with one attached hydrogen (secondary N) is 1. The van der Waals surface area contributed by atoms with Crippen molar-refractivity contribution in [2.45, 2.75) is 19.3 Å². The van der Waals surface area contributed by atoms with Crippen LogP contribution in [0.15, 0.2) is 33.1 Å². The fourth-order valence-electron chi connectivity index (χ4n) is 2.16. The standard InChI is InChI=1S/C13H16Cl2N2O2/c14-9-4-17-5-10(15)11(9)12(16)8(6-18)13(19)7-2-1-3-7/h4,7,17-18H,1-3,5-6,16H2. The minimum Gasteiger partial charge on any atom is -0.398 e. The second-order valence-electron chi connectivity index (χ2n) is 4.70. The predicted octanol–water partition coefficient (Wildman–Crippen LogP) is 1.74. The summed E-state index contributed by atoms with van der Waals surface area (Å²) in [4.78, 5) is 12.2. The van der Waals surface area contributed by atoms with Gasteiger partial charge in [0.05, 0.1) is 23.9 Å². The highest BCUT2D eigenvalue weighted by Crippen LogP contribution is 2.33. The van der Waals surface area contributed by atoms with Gasteiger partial charge < -0.3 is 16.2 Å². The molecule has 1 fully saturated rings. The maximum atomic E-state index is 12.2. The van der Waals surface area contributed by atoms with Gasteiger partial charge in [-0.15, -0.1) is 0 Å². The Kier molecular flexibility index (Phi) is 4.55. The summed E-state index contributed by atoms with van der Waals surface area (Å²) >= 11 is 12.1. The third-order valence-corrected chi connectivity index (χ3v) is 4.14. The van der Waals surface area contributed by atoms with Crippen LogP contribution in [-0.2, 0) is 4.79 Å². The molecule has 4 nitrogen and oxygen atoms in total. The largest absolute Gasteiger partial charge is 0.398 e. The van der Waals surface area contributed by atoms with Crippen LogP contribution in [0, 0.1) is 5.92 Å². The average molecular weight is 303 g/mol. The number of hydrogen-bond acceptors (Lipinski definition) is 4. The molecule has 2 rings (SSSR count). The Balaban J connectivity index is 2.37. The summed E-state index contributed by atoms with van der Waals surface area (Å²) in [6.07, 6.45) is 4.34. The molecule has 0 saturated heterocycles. The highest BCUT2D eigenvalue weighted by molar-refractivity contribution is 6.36. The van der Waals surface area contributed by atoms with E-state index in [1.807, 2.05) is 0 Å². The van der Waals surface area contributed by atoms with Gasteiger partial charge in [0.2, 0.25) is 0 Å². The summed E-state index contributed by atoms with van der Waals surface area (Å²) in [5, 5.41) is 13.1. The molecule has 0 atom stereocenters. The Labute approximate surface area is 121 Å². The lowest BCUT2D eigenvalue weighted by Crippen LogP contribution is -2.28. The van der Waals surface area contributed by atoms with E-state index in [1.54, 1.807) is 6.20 Å². The molecule has 0 spiro atoms. The number of carbonyl (C=O) groups is 1. The number of carbonyl (C=O) groups excluding carboxylic acids is 1. The van der Waals surface area contributed by atoms with Crippen LogP contribution >= 0.6 is 23.2 Å². The maximum Gasteiger partial charge on any atom is 0.166 e. The molecule has 6 heteroatoms. The SMILES string of the molecule is NC(=C(CO)C(=O)C1CCC1)C1=C(Cl)CNC=C1Cl. The van der Waals surface area contributed by atoms with Crippen molar-refractivity contribution in [1.82, 2.24) is 5.32 Å². The van der Waals surface area contributed by atoms with Gasteiger partial charge in [-0.1, -0.05) is 29.6 Å². The van der Waals surface area contributed by atoms with Gasteiger partial charge in [-0.05, 0) is 12.8 Å². The van der Waals surface area contributed by atoms with Crippen molar-refractivity contribution in [3.63, 3.8) is 0 Å². The van der Waals surface area contributed by atoms with Gasteiger partial charge in [0.25, 0.3) is 0 Å². The van der Waals surface area contributed by atoms with E-state index in [4.69, 9.17) is 28.9 Å². The van der Waals surface area contributed by atoms with Gasteiger partial charge in [0.15, 0.2) is 5.78 Å². The molecule has 0 aromatic rings. The van der Waals surface area contributed by atoms with Gasteiger partial charge in [-0.25, -0.2) is 0 Å². The topological polar surface area (TPSA) is 75.3 Å². The van der Waals surface area contributed by atoms with E-state index in [0.29, 0.717) is 22.2 Å². The molecule has 0 unspecified atom stereocenters. The Bertz CT molecular complexity index is 491. The Hall–Kier alpha value is -0.970. The minimum atomic E-state index is -0.396. The number of halogens is 2. The zero-order valence-electron chi connectivity index (χ0n) is 10.4. The predicted molar refractivity (Wildman–Crippen MR) is 75.5 cm³/mol. The van der Waals surface area contributed by atoms with Gasteiger partial charge in [0.1, 0.15) is 0 Å². The molecule has 104 valence electrons. The number of hydrogen-bond donors (Lipinski definition) is 3. The first-order valence-electron chi connectivity index (χ1n) is 6.18. The number of ketones is 1. The summed E-state index contributed by atoms with van der Waals surface area (Å²) in [6, 6.07) is 0. The molecule has 1 aliphatic carbocycles. The summed E-state index contributed by atoms with van der Waals surface area (Å²) < 4.78 is 0. The number of nitrogens with two attached hydrogens (primary N) is 1. The van der Waals surface area contributed by atoms with Crippen molar-refractivity contribution in [2.24, 2.45) is 11.7 Å². The second-order valence-corrected chi connectivity index (χ2v) is 5.56. The van der Waals surface area contributed by atoms with Crippen molar-refractivity contribution in [3.05, 3.63) is 33.1 Å². The number of aliphatic hydroxyl groups excluding tert-OH is 1. The van der Waals surface area contributed by atoms with Crippen LogP contribution in [0.2, 0.25) is 0 Å². The summed E-state index contributed by atoms with van der Waals surface area (Å²) in [7, 11) is 0. The average Bonchev–Trinajstić information content (AvgIpc) is 2.27. The molecule has 19 heavy (non-hydrogen) atoms. The van der Waals surface area contributed by atoms with E-state index in [2.05, 4.69) is 5.32 Å². The van der Waals surface area contributed by atoms with Crippen molar-refractivity contribution in [3.8, 4) is 0 Å². The van der Waals surface area contributed by atoms with E-state index < -0.39 is 6.61 Å². The first-order chi connectivity index (χ1) is 9.06. The van der Waals surface area contributed by atoms with Crippen molar-refractivity contribution >= 4 is 29.0 Å². The lowest BCUT2D eigenvalue weighted by Gasteiger charge is -2.26. The fourth-order valence-corrected chi connectivity index (χ4v) is 2.78. The molecule has 0 amide bonds. The van der Waals surface area contributed by atoms with E-state index in [9.17, 15) is 9.90 Å². The molecule has 1 aliphatic heterocycles. The Morgan fingerprint density at radius 1 is 1.47 bits per heavy atom. The van der Waals surface area contributed by atoms with Gasteiger partial charge in [-0.2, -0.15) is 0 Å². The van der Waals surface area contributed by atoms with Gasteiger partial charge in [0, 0.05) is 28.3 Å². The molecule has 4 N–H and O–H groups in total. The fraction of sp³-hybridized carbons (Fsp3) is 0.462. The molecule has 0 radical (unpaired) electrons. The quantitative estimate of drug-likeness (QED) is 0.692. The zero-order chi connectivity index (χ0) is 14.0. The highest BCUT2D eigenvalue weighted by atomic mass is 35.5. The first kappa shape index (κ1) is 14.4. The highest BCUT2D eigenvalue weighted by Gasteiger charge is 2.30. The third-order valence-electron chi connectivity index (χ3n) is 3.52. The first-order valence-corrected chi connectivity index (χ1v) is 6.94. The van der Waals surface area contributed by atoms with Crippen molar-refractivity contribution in [1.29, 1.82) is 0 Å².